The van der Waals surface area contributed by atoms with Gasteiger partial charge in [-0.05, 0) is 51.8 Å². The third kappa shape index (κ3) is 6.71. The average Bonchev–Trinajstić information content (AvgIpc) is 2.33. The number of alkyl halides is 3. The molecule has 0 spiro atoms. The number of halogens is 3. The van der Waals surface area contributed by atoms with Crippen molar-refractivity contribution in [3.63, 3.8) is 0 Å². The van der Waals surface area contributed by atoms with Crippen molar-refractivity contribution in [2.45, 2.75) is 52.3 Å². The number of anilines is 1. The summed E-state index contributed by atoms with van der Waals surface area (Å²) >= 11 is 0. The second-order valence-electron chi connectivity index (χ2n) is 6.20. The molecule has 1 amide bonds. The van der Waals surface area contributed by atoms with Gasteiger partial charge in [-0.1, -0.05) is 6.07 Å². The van der Waals surface area contributed by atoms with Gasteiger partial charge in [0.05, 0.1) is 5.56 Å². The Kier molecular flexibility index (Phi) is 5.80. The fourth-order valence-corrected chi connectivity index (χ4v) is 1.81. The summed E-state index contributed by atoms with van der Waals surface area (Å²) in [7, 11) is 0. The highest BCUT2D eigenvalue weighted by atomic mass is 19.4. The molecule has 0 fully saturated rings. The first-order valence-corrected chi connectivity index (χ1v) is 7.08. The molecular weight excluding hydrogens is 311 g/mol. The van der Waals surface area contributed by atoms with Gasteiger partial charge in [-0.15, -0.1) is 0 Å². The Morgan fingerprint density at radius 2 is 1.78 bits per heavy atom. The van der Waals surface area contributed by atoms with Gasteiger partial charge >= 0.3 is 12.3 Å². The number of benzene rings is 1. The van der Waals surface area contributed by atoms with Crippen molar-refractivity contribution in [1.29, 1.82) is 0 Å². The molecule has 128 valence electrons. The molecular formula is C16H20F3NO3. The smallest absolute Gasteiger partial charge is 0.416 e. The van der Waals surface area contributed by atoms with Gasteiger partial charge in [-0.3, -0.25) is 5.32 Å². The summed E-state index contributed by atoms with van der Waals surface area (Å²) in [6.45, 7) is 6.34. The lowest BCUT2D eigenvalue weighted by molar-refractivity contribution is -0.137. The molecule has 7 heteroatoms. The van der Waals surface area contributed by atoms with Crippen molar-refractivity contribution in [1.82, 2.24) is 0 Å². The van der Waals surface area contributed by atoms with Gasteiger partial charge in [0, 0.05) is 12.1 Å². The van der Waals surface area contributed by atoms with Gasteiger partial charge in [0.2, 0.25) is 0 Å². The molecule has 23 heavy (non-hydrogen) atoms. The third-order valence-corrected chi connectivity index (χ3v) is 2.82. The van der Waals surface area contributed by atoms with E-state index in [9.17, 15) is 22.8 Å². The summed E-state index contributed by atoms with van der Waals surface area (Å²) in [6, 6.07) is 3.04. The van der Waals surface area contributed by atoms with E-state index in [1.165, 1.54) is 13.0 Å². The van der Waals surface area contributed by atoms with E-state index >= 15 is 0 Å². The second kappa shape index (κ2) is 7.02. The Labute approximate surface area is 133 Å². The van der Waals surface area contributed by atoms with Crippen molar-refractivity contribution in [3.8, 4) is 0 Å². The van der Waals surface area contributed by atoms with Crippen molar-refractivity contribution in [2.75, 3.05) is 5.32 Å². The Balaban J connectivity index is 3.07. The number of nitrogens with one attached hydrogen (secondary N) is 1. The van der Waals surface area contributed by atoms with Crippen molar-refractivity contribution in [2.24, 2.45) is 0 Å². The molecule has 0 saturated heterocycles. The van der Waals surface area contributed by atoms with Crippen LogP contribution in [0.5, 0.6) is 0 Å². The summed E-state index contributed by atoms with van der Waals surface area (Å²) in [5, 5.41) is 2.33. The lowest BCUT2D eigenvalue weighted by atomic mass is 10.0. The van der Waals surface area contributed by atoms with E-state index in [0.29, 0.717) is 5.56 Å². The maximum absolute atomic E-state index is 12.8. The van der Waals surface area contributed by atoms with Gasteiger partial charge in [-0.25, -0.2) is 4.79 Å². The van der Waals surface area contributed by atoms with Crippen molar-refractivity contribution in [3.05, 3.63) is 29.3 Å². The van der Waals surface area contributed by atoms with Gasteiger partial charge < -0.3 is 9.53 Å². The molecule has 0 atom stereocenters. The molecule has 0 heterocycles. The number of ketones is 1. The standard InChI is InChI=1S/C16H20F3NO3/c1-10(21)5-6-11-7-8-12(16(17,18)19)9-13(11)20-14(22)23-15(2,3)4/h7-9H,5-6H2,1-4H3,(H,20,22). The summed E-state index contributed by atoms with van der Waals surface area (Å²) in [6.07, 6.45) is -4.96. The maximum Gasteiger partial charge on any atom is 0.416 e. The van der Waals surface area contributed by atoms with E-state index in [1.807, 2.05) is 0 Å². The predicted molar refractivity (Wildman–Crippen MR) is 80.3 cm³/mol. The molecule has 1 N–H and O–H groups in total. The van der Waals surface area contributed by atoms with Crippen LogP contribution in [0.1, 0.15) is 45.2 Å². The van der Waals surface area contributed by atoms with Crippen LogP contribution in [0, 0.1) is 0 Å². The quantitative estimate of drug-likeness (QED) is 0.879. The molecule has 0 unspecified atom stereocenters. The fraction of sp³-hybridized carbons (Fsp3) is 0.500. The lowest BCUT2D eigenvalue weighted by Crippen LogP contribution is -2.27. The molecule has 1 rings (SSSR count). The van der Waals surface area contributed by atoms with E-state index in [1.54, 1.807) is 20.8 Å². The summed E-state index contributed by atoms with van der Waals surface area (Å²) in [5.74, 6) is -0.0897. The zero-order chi connectivity index (χ0) is 17.8. The molecule has 1 aromatic carbocycles. The molecule has 0 radical (unpaired) electrons. The number of hydrogen-bond acceptors (Lipinski definition) is 3. The summed E-state index contributed by atoms with van der Waals surface area (Å²) in [4.78, 5) is 22.9. The van der Waals surface area contributed by atoms with Crippen LogP contribution in [-0.2, 0) is 22.1 Å². The topological polar surface area (TPSA) is 55.4 Å². The molecule has 0 aliphatic heterocycles. The summed E-state index contributed by atoms with van der Waals surface area (Å²) in [5.41, 5.74) is -1.21. The Bertz CT molecular complexity index is 589. The van der Waals surface area contributed by atoms with Crippen molar-refractivity contribution >= 4 is 17.6 Å². The number of carbonyl (C=O) groups excluding carboxylic acids is 2. The van der Waals surface area contributed by atoms with Crippen LogP contribution in [0.4, 0.5) is 23.7 Å². The molecule has 0 aliphatic carbocycles. The average molecular weight is 331 g/mol. The first kappa shape index (κ1) is 19.0. The van der Waals surface area contributed by atoms with Crippen LogP contribution >= 0.6 is 0 Å². The number of rotatable bonds is 4. The van der Waals surface area contributed by atoms with E-state index in [2.05, 4.69) is 5.32 Å². The first-order chi connectivity index (χ1) is 10.4. The first-order valence-electron chi connectivity index (χ1n) is 7.08. The SMILES string of the molecule is CC(=O)CCc1ccc(C(F)(F)F)cc1NC(=O)OC(C)(C)C. The minimum absolute atomic E-state index is 0.00433. The van der Waals surface area contributed by atoms with Crippen LogP contribution in [0.3, 0.4) is 0 Å². The van der Waals surface area contributed by atoms with Gasteiger partial charge in [-0.2, -0.15) is 13.2 Å². The van der Waals surface area contributed by atoms with E-state index in [-0.39, 0.29) is 24.3 Å². The number of hydrogen-bond donors (Lipinski definition) is 1. The lowest BCUT2D eigenvalue weighted by Gasteiger charge is -2.21. The van der Waals surface area contributed by atoms with Gasteiger partial charge in [0.15, 0.2) is 0 Å². The number of carbonyl (C=O) groups is 2. The Morgan fingerprint density at radius 1 is 1.17 bits per heavy atom. The molecule has 1 aromatic rings. The van der Waals surface area contributed by atoms with Crippen LogP contribution in [0.15, 0.2) is 18.2 Å². The number of ether oxygens (including phenoxy) is 1. The molecule has 4 nitrogen and oxygen atoms in total. The number of Topliss-reactive ketones (excluding diaryl/α,β-unsaturated/α-hetero) is 1. The van der Waals surface area contributed by atoms with E-state index in [4.69, 9.17) is 4.74 Å². The van der Waals surface area contributed by atoms with Crippen LogP contribution in [-0.4, -0.2) is 17.5 Å². The van der Waals surface area contributed by atoms with E-state index in [0.717, 1.165) is 12.1 Å². The Hall–Kier alpha value is -2.05. The van der Waals surface area contributed by atoms with Gasteiger partial charge in [0.1, 0.15) is 11.4 Å². The second-order valence-corrected chi connectivity index (χ2v) is 6.20. The number of amides is 1. The van der Waals surface area contributed by atoms with Gasteiger partial charge in [0.25, 0.3) is 0 Å². The van der Waals surface area contributed by atoms with Crippen molar-refractivity contribution < 1.29 is 27.5 Å². The third-order valence-electron chi connectivity index (χ3n) is 2.82. The molecule has 0 bridgehead atoms. The largest absolute Gasteiger partial charge is 0.444 e. The van der Waals surface area contributed by atoms with Crippen LogP contribution in [0.2, 0.25) is 0 Å². The zero-order valence-electron chi connectivity index (χ0n) is 13.5. The van der Waals surface area contributed by atoms with E-state index < -0.39 is 23.4 Å². The monoisotopic (exact) mass is 331 g/mol. The highest BCUT2D eigenvalue weighted by Crippen LogP contribution is 2.32. The molecule has 0 aliphatic rings. The highest BCUT2D eigenvalue weighted by molar-refractivity contribution is 5.86. The van der Waals surface area contributed by atoms with Crippen LogP contribution in [0.25, 0.3) is 0 Å². The Morgan fingerprint density at radius 3 is 2.26 bits per heavy atom. The minimum atomic E-state index is -4.52. The summed E-state index contributed by atoms with van der Waals surface area (Å²) < 4.78 is 43.5. The minimum Gasteiger partial charge on any atom is -0.444 e. The van der Waals surface area contributed by atoms with Crippen LogP contribution < -0.4 is 5.32 Å². The predicted octanol–water partition coefficient (Wildman–Crippen LogP) is 4.57. The molecule has 0 saturated carbocycles. The number of aryl methyl sites for hydroxylation is 1. The normalized spacial score (nSPS) is 12.0. The maximum atomic E-state index is 12.8. The zero-order valence-corrected chi connectivity index (χ0v) is 13.5. The molecule has 0 aromatic heterocycles. The fourth-order valence-electron chi connectivity index (χ4n) is 1.81. The highest BCUT2D eigenvalue weighted by Gasteiger charge is 2.31.